The first kappa shape index (κ1) is 27.9. The van der Waals surface area contributed by atoms with E-state index in [1.54, 1.807) is 7.11 Å². The van der Waals surface area contributed by atoms with Crippen molar-refractivity contribution in [3.8, 4) is 11.5 Å². The van der Waals surface area contributed by atoms with Crippen molar-refractivity contribution in [2.24, 2.45) is 12.0 Å². The molecule has 1 aromatic carbocycles. The van der Waals surface area contributed by atoms with Gasteiger partial charge in [-0.3, -0.25) is 4.68 Å². The Hall–Kier alpha value is -2.18. The van der Waals surface area contributed by atoms with E-state index in [1.807, 2.05) is 32.0 Å². The summed E-state index contributed by atoms with van der Waals surface area (Å²) in [5.74, 6) is 1.87. The summed E-state index contributed by atoms with van der Waals surface area (Å²) < 4.78 is 51.3. The fourth-order valence-electron chi connectivity index (χ4n) is 3.04. The molecule has 0 saturated heterocycles. The molecule has 1 aromatic heterocycles. The van der Waals surface area contributed by atoms with Crippen molar-refractivity contribution >= 4 is 29.9 Å². The molecule has 7 nitrogen and oxygen atoms in total. The highest BCUT2D eigenvalue weighted by Gasteiger charge is 2.36. The number of nitrogens with zero attached hydrogens (tertiary/aromatic N) is 3. The lowest BCUT2D eigenvalue weighted by molar-refractivity contribution is -0.142. The number of rotatable bonds is 10. The van der Waals surface area contributed by atoms with Gasteiger partial charge >= 0.3 is 6.18 Å². The van der Waals surface area contributed by atoms with Crippen LogP contribution in [0.4, 0.5) is 13.2 Å². The first-order valence-corrected chi connectivity index (χ1v) is 10.2. The lowest BCUT2D eigenvalue weighted by Crippen LogP contribution is -2.37. The molecule has 0 aliphatic heterocycles. The van der Waals surface area contributed by atoms with Gasteiger partial charge in [-0.05, 0) is 44.4 Å². The number of nitrogens with one attached hydrogen (secondary N) is 2. The number of halogens is 4. The minimum Gasteiger partial charge on any atom is -0.493 e. The van der Waals surface area contributed by atoms with Crippen LogP contribution in [0.15, 0.2) is 29.4 Å². The van der Waals surface area contributed by atoms with Crippen LogP contribution in [0, 0.1) is 0 Å². The zero-order valence-electron chi connectivity index (χ0n) is 18.8. The summed E-state index contributed by atoms with van der Waals surface area (Å²) in [7, 11) is 3.06. The number of hydrogen-bond acceptors (Lipinski definition) is 4. The third-order valence-corrected chi connectivity index (χ3v) is 4.39. The SMILES string of the molecule is CCNC(=NCc1cn(C)nc1C(F)(F)F)NCCCc1ccc(OC)c(OCC)c1.I. The van der Waals surface area contributed by atoms with Crippen LogP contribution in [-0.4, -0.2) is 42.5 Å². The highest BCUT2D eigenvalue weighted by molar-refractivity contribution is 14.0. The summed E-state index contributed by atoms with van der Waals surface area (Å²) in [6.45, 7) is 5.46. The Morgan fingerprint density at radius 3 is 2.56 bits per heavy atom. The van der Waals surface area contributed by atoms with Gasteiger partial charge in [-0.1, -0.05) is 6.07 Å². The topological polar surface area (TPSA) is 72.7 Å². The van der Waals surface area contributed by atoms with Crippen molar-refractivity contribution in [3.63, 3.8) is 0 Å². The fourth-order valence-corrected chi connectivity index (χ4v) is 3.04. The second-order valence-corrected chi connectivity index (χ2v) is 6.82. The van der Waals surface area contributed by atoms with Crippen molar-refractivity contribution in [2.45, 2.75) is 39.4 Å². The predicted octanol–water partition coefficient (Wildman–Crippen LogP) is 4.15. The first-order valence-electron chi connectivity index (χ1n) is 10.2. The van der Waals surface area contributed by atoms with E-state index in [0.717, 1.165) is 23.1 Å². The van der Waals surface area contributed by atoms with Crippen molar-refractivity contribution in [3.05, 3.63) is 41.2 Å². The van der Waals surface area contributed by atoms with E-state index >= 15 is 0 Å². The van der Waals surface area contributed by atoms with E-state index in [1.165, 1.54) is 13.2 Å². The molecule has 2 aromatic rings. The highest BCUT2D eigenvalue weighted by Crippen LogP contribution is 2.31. The average Bonchev–Trinajstić information content (AvgIpc) is 3.11. The molecule has 180 valence electrons. The third kappa shape index (κ3) is 8.40. The summed E-state index contributed by atoms with van der Waals surface area (Å²) in [6, 6.07) is 5.83. The van der Waals surface area contributed by atoms with Crippen LogP contribution in [0.25, 0.3) is 0 Å². The van der Waals surface area contributed by atoms with Crippen molar-refractivity contribution in [2.75, 3.05) is 26.8 Å². The Kier molecular flexibility index (Phi) is 11.7. The van der Waals surface area contributed by atoms with Crippen LogP contribution >= 0.6 is 24.0 Å². The largest absolute Gasteiger partial charge is 0.493 e. The lowest BCUT2D eigenvalue weighted by atomic mass is 10.1. The number of benzene rings is 1. The van der Waals surface area contributed by atoms with Crippen LogP contribution in [-0.2, 0) is 26.2 Å². The quantitative estimate of drug-likeness (QED) is 0.195. The van der Waals surface area contributed by atoms with Gasteiger partial charge in [0.15, 0.2) is 23.2 Å². The standard InChI is InChI=1S/C21H30F3N5O2.HI/c1-5-25-20(27-13-16-14-29(3)28-19(16)21(22,23)24)26-11-7-8-15-9-10-17(30-4)18(12-15)31-6-2;/h9-10,12,14H,5-8,11,13H2,1-4H3,(H2,25,26,27);1H. The molecule has 0 bridgehead atoms. The molecule has 11 heteroatoms. The molecule has 0 radical (unpaired) electrons. The number of aromatic nitrogens is 2. The van der Waals surface area contributed by atoms with Gasteiger partial charge in [0.05, 0.1) is 20.3 Å². The molecule has 0 spiro atoms. The molecule has 32 heavy (non-hydrogen) atoms. The highest BCUT2D eigenvalue weighted by atomic mass is 127. The van der Waals surface area contributed by atoms with Gasteiger partial charge in [0.1, 0.15) is 0 Å². The normalized spacial score (nSPS) is 11.7. The molecule has 2 rings (SSSR count). The van der Waals surface area contributed by atoms with E-state index in [4.69, 9.17) is 9.47 Å². The van der Waals surface area contributed by atoms with E-state index in [-0.39, 0.29) is 36.1 Å². The number of hydrogen-bond donors (Lipinski definition) is 2. The maximum atomic E-state index is 13.1. The summed E-state index contributed by atoms with van der Waals surface area (Å²) >= 11 is 0. The molecule has 1 heterocycles. The van der Waals surface area contributed by atoms with Gasteiger partial charge in [-0.2, -0.15) is 18.3 Å². The molecule has 0 aliphatic carbocycles. The Morgan fingerprint density at radius 1 is 1.19 bits per heavy atom. The first-order chi connectivity index (χ1) is 14.8. The van der Waals surface area contributed by atoms with Gasteiger partial charge < -0.3 is 20.1 Å². The second-order valence-electron chi connectivity index (χ2n) is 6.82. The van der Waals surface area contributed by atoms with Crippen LogP contribution in [0.3, 0.4) is 0 Å². The molecule has 0 atom stereocenters. The van der Waals surface area contributed by atoms with E-state index in [0.29, 0.717) is 37.2 Å². The zero-order valence-corrected chi connectivity index (χ0v) is 21.1. The maximum Gasteiger partial charge on any atom is 0.435 e. The summed E-state index contributed by atoms with van der Waals surface area (Å²) in [5.41, 5.74) is 0.242. The summed E-state index contributed by atoms with van der Waals surface area (Å²) in [5, 5.41) is 9.72. The molecule has 0 saturated carbocycles. The lowest BCUT2D eigenvalue weighted by Gasteiger charge is -2.13. The van der Waals surface area contributed by atoms with Crippen molar-refractivity contribution < 1.29 is 22.6 Å². The molecule has 0 aliphatic rings. The van der Waals surface area contributed by atoms with Crippen LogP contribution < -0.4 is 20.1 Å². The van der Waals surface area contributed by atoms with E-state index in [9.17, 15) is 13.2 Å². The van der Waals surface area contributed by atoms with Crippen LogP contribution in [0.2, 0.25) is 0 Å². The van der Waals surface area contributed by atoms with Gasteiger partial charge in [0.2, 0.25) is 0 Å². The Bertz CT molecular complexity index is 872. The molecular formula is C21H31F3IN5O2. The molecule has 0 fully saturated rings. The zero-order chi connectivity index (χ0) is 22.9. The Balaban J connectivity index is 0.00000512. The fraction of sp³-hybridized carbons (Fsp3) is 0.524. The molecule has 2 N–H and O–H groups in total. The smallest absolute Gasteiger partial charge is 0.435 e. The van der Waals surface area contributed by atoms with Crippen LogP contribution in [0.5, 0.6) is 11.5 Å². The number of ether oxygens (including phenoxy) is 2. The van der Waals surface area contributed by atoms with E-state index in [2.05, 4.69) is 20.7 Å². The molecular weight excluding hydrogens is 538 g/mol. The van der Waals surface area contributed by atoms with Gasteiger partial charge in [0.25, 0.3) is 0 Å². The minimum atomic E-state index is -4.50. The number of guanidine groups is 1. The van der Waals surface area contributed by atoms with E-state index < -0.39 is 11.9 Å². The summed E-state index contributed by atoms with van der Waals surface area (Å²) in [6.07, 6.45) is -1.55. The second kappa shape index (κ2) is 13.4. The molecule has 0 unspecified atom stereocenters. The van der Waals surface area contributed by atoms with Crippen molar-refractivity contribution in [1.82, 2.24) is 20.4 Å². The maximum absolute atomic E-state index is 13.1. The number of aliphatic imine (C=N–C) groups is 1. The third-order valence-electron chi connectivity index (χ3n) is 4.39. The van der Waals surface area contributed by atoms with Crippen molar-refractivity contribution in [1.29, 1.82) is 0 Å². The van der Waals surface area contributed by atoms with Crippen LogP contribution in [0.1, 0.15) is 37.1 Å². The Labute approximate surface area is 203 Å². The minimum absolute atomic E-state index is 0. The Morgan fingerprint density at radius 2 is 1.94 bits per heavy atom. The number of aryl methyl sites for hydroxylation is 2. The van der Waals surface area contributed by atoms with Gasteiger partial charge in [-0.15, -0.1) is 24.0 Å². The predicted molar refractivity (Wildman–Crippen MR) is 129 cm³/mol. The monoisotopic (exact) mass is 569 g/mol. The molecule has 0 amide bonds. The number of methoxy groups -OCH3 is 1. The number of alkyl halides is 3. The van der Waals surface area contributed by atoms with Gasteiger partial charge in [-0.25, -0.2) is 4.99 Å². The van der Waals surface area contributed by atoms with Gasteiger partial charge in [0, 0.05) is 31.9 Å². The average molecular weight is 569 g/mol. The summed E-state index contributed by atoms with van der Waals surface area (Å²) in [4.78, 5) is 4.28.